The molecular weight excluding hydrogens is 240 g/mol. The summed E-state index contributed by atoms with van der Waals surface area (Å²) in [6.07, 6.45) is 0.886. The molecule has 0 aromatic rings. The third-order valence-electron chi connectivity index (χ3n) is 2.62. The quantitative estimate of drug-likeness (QED) is 0.536. The van der Waals surface area contributed by atoms with E-state index < -0.39 is 0 Å². The van der Waals surface area contributed by atoms with Gasteiger partial charge in [0.1, 0.15) is 0 Å². The molecule has 5 nitrogen and oxygen atoms in total. The monoisotopic (exact) mass is 262 g/mol. The molecule has 100 valence electrons. The van der Waals surface area contributed by atoms with Gasteiger partial charge in [0.15, 0.2) is 5.11 Å². The van der Waals surface area contributed by atoms with Crippen molar-refractivity contribution in [2.24, 2.45) is 0 Å². The molecule has 2 N–H and O–H groups in total. The highest BCUT2D eigenvalue weighted by Gasteiger charge is 2.25. The van der Waals surface area contributed by atoms with Crippen LogP contribution in [0.5, 0.6) is 0 Å². The fourth-order valence-electron chi connectivity index (χ4n) is 1.84. The Morgan fingerprint density at radius 2 is 2.35 bits per heavy atom. The third kappa shape index (κ3) is 5.16. The average Bonchev–Trinajstić information content (AvgIpc) is 2.33. The van der Waals surface area contributed by atoms with Gasteiger partial charge in [-0.3, -0.25) is 0 Å². The minimum absolute atomic E-state index is 0.0348. The summed E-state index contributed by atoms with van der Waals surface area (Å²) in [6, 6.07) is 0. The Labute approximate surface area is 108 Å². The summed E-state index contributed by atoms with van der Waals surface area (Å²) >= 11 is 5.31. The zero-order chi connectivity index (χ0) is 12.7. The van der Waals surface area contributed by atoms with Crippen LogP contribution >= 0.6 is 12.2 Å². The fourth-order valence-corrected chi connectivity index (χ4v) is 2.09. The Bertz CT molecular complexity index is 241. The first-order valence-electron chi connectivity index (χ1n) is 5.95. The molecule has 0 radical (unpaired) electrons. The van der Waals surface area contributed by atoms with Crippen LogP contribution in [0.3, 0.4) is 0 Å². The molecule has 1 rings (SSSR count). The molecule has 0 aromatic heterocycles. The van der Waals surface area contributed by atoms with Crippen LogP contribution in [-0.2, 0) is 9.47 Å². The van der Waals surface area contributed by atoms with E-state index in [1.807, 2.05) is 6.92 Å². The summed E-state index contributed by atoms with van der Waals surface area (Å²) in [4.78, 5) is 2.05. The number of methoxy groups -OCH3 is 1. The van der Waals surface area contributed by atoms with E-state index in [1.54, 1.807) is 7.11 Å². The highest BCUT2D eigenvalue weighted by molar-refractivity contribution is 7.80. The van der Waals surface area contributed by atoms with Crippen molar-refractivity contribution >= 4 is 17.3 Å². The van der Waals surface area contributed by atoms with Gasteiger partial charge in [0, 0.05) is 33.4 Å². The molecule has 0 saturated carbocycles. The Morgan fingerprint density at radius 3 is 3.00 bits per heavy atom. The van der Waals surface area contributed by atoms with E-state index >= 15 is 0 Å². The minimum atomic E-state index is -0.141. The number of morpholine rings is 1. The summed E-state index contributed by atoms with van der Waals surface area (Å²) in [5.74, 6) is 0. The summed E-state index contributed by atoms with van der Waals surface area (Å²) in [6.45, 7) is 4.98. The first kappa shape index (κ1) is 14.6. The number of hydrogen-bond acceptors (Lipinski definition) is 4. The van der Waals surface area contributed by atoms with E-state index in [9.17, 15) is 0 Å². The van der Waals surface area contributed by atoms with E-state index in [1.165, 1.54) is 0 Å². The van der Waals surface area contributed by atoms with Crippen molar-refractivity contribution in [3.63, 3.8) is 0 Å². The van der Waals surface area contributed by atoms with Gasteiger partial charge in [0.05, 0.1) is 18.8 Å². The van der Waals surface area contributed by atoms with Crippen LogP contribution in [0, 0.1) is 0 Å². The largest absolute Gasteiger partial charge is 0.394 e. The molecule has 0 aromatic carbocycles. The molecule has 0 amide bonds. The maximum atomic E-state index is 9.12. The molecule has 0 spiro atoms. The normalized spacial score (nSPS) is 24.8. The van der Waals surface area contributed by atoms with Crippen LogP contribution in [0.15, 0.2) is 0 Å². The maximum absolute atomic E-state index is 9.12. The Hall–Kier alpha value is -0.430. The molecule has 1 fully saturated rings. The molecule has 1 aliphatic heterocycles. The van der Waals surface area contributed by atoms with Crippen molar-refractivity contribution in [3.8, 4) is 0 Å². The zero-order valence-electron chi connectivity index (χ0n) is 10.5. The van der Waals surface area contributed by atoms with Crippen LogP contribution in [-0.4, -0.2) is 67.3 Å². The topological polar surface area (TPSA) is 54.0 Å². The maximum Gasteiger partial charge on any atom is 0.169 e. The molecule has 6 heteroatoms. The lowest BCUT2D eigenvalue weighted by molar-refractivity contribution is -0.0785. The second-order valence-corrected chi connectivity index (χ2v) is 4.62. The van der Waals surface area contributed by atoms with E-state index in [4.69, 9.17) is 26.8 Å². The zero-order valence-corrected chi connectivity index (χ0v) is 11.3. The summed E-state index contributed by atoms with van der Waals surface area (Å²) in [7, 11) is 1.69. The highest BCUT2D eigenvalue weighted by atomic mass is 32.1. The number of hydrogen-bond donors (Lipinski definition) is 2. The fraction of sp³-hybridized carbons (Fsp3) is 0.909. The summed E-state index contributed by atoms with van der Waals surface area (Å²) in [5.41, 5.74) is 0. The van der Waals surface area contributed by atoms with Crippen LogP contribution < -0.4 is 5.32 Å². The lowest BCUT2D eigenvalue weighted by Crippen LogP contribution is -2.53. The third-order valence-corrected chi connectivity index (χ3v) is 3.02. The number of nitrogens with one attached hydrogen (secondary N) is 1. The SMILES string of the molecule is COCCCNC(=S)N1CC(C)OC(CO)C1. The van der Waals surface area contributed by atoms with E-state index in [0.29, 0.717) is 6.54 Å². The van der Waals surface area contributed by atoms with Gasteiger partial charge in [-0.2, -0.15) is 0 Å². The molecule has 2 unspecified atom stereocenters. The second-order valence-electron chi connectivity index (χ2n) is 4.23. The predicted octanol–water partition coefficient (Wildman–Crippen LogP) is -0.0210. The van der Waals surface area contributed by atoms with Gasteiger partial charge >= 0.3 is 0 Å². The van der Waals surface area contributed by atoms with Gasteiger partial charge in [-0.05, 0) is 25.6 Å². The Kier molecular flexibility index (Phi) is 6.72. The highest BCUT2D eigenvalue weighted by Crippen LogP contribution is 2.10. The average molecular weight is 262 g/mol. The molecule has 0 aliphatic carbocycles. The minimum Gasteiger partial charge on any atom is -0.394 e. The van der Waals surface area contributed by atoms with Crippen molar-refractivity contribution in [1.82, 2.24) is 10.2 Å². The van der Waals surface area contributed by atoms with Crippen molar-refractivity contribution in [3.05, 3.63) is 0 Å². The number of aliphatic hydroxyl groups excluding tert-OH is 1. The number of thiocarbonyl (C=S) groups is 1. The van der Waals surface area contributed by atoms with Gasteiger partial charge in [-0.15, -0.1) is 0 Å². The number of nitrogens with zero attached hydrogens (tertiary/aromatic N) is 1. The standard InChI is InChI=1S/C11H22N2O3S/c1-9-6-13(7-10(8-14)16-9)11(17)12-4-3-5-15-2/h9-10,14H,3-8H2,1-2H3,(H,12,17). The van der Waals surface area contributed by atoms with Crippen molar-refractivity contribution in [2.45, 2.75) is 25.6 Å². The molecule has 2 atom stereocenters. The smallest absolute Gasteiger partial charge is 0.169 e. The summed E-state index contributed by atoms with van der Waals surface area (Å²) < 4.78 is 10.5. The first-order valence-corrected chi connectivity index (χ1v) is 6.36. The Morgan fingerprint density at radius 1 is 1.59 bits per heavy atom. The van der Waals surface area contributed by atoms with Crippen LogP contribution in [0.1, 0.15) is 13.3 Å². The number of rotatable bonds is 5. The molecule has 1 saturated heterocycles. The van der Waals surface area contributed by atoms with Crippen molar-refractivity contribution < 1.29 is 14.6 Å². The van der Waals surface area contributed by atoms with Gasteiger partial charge in [-0.25, -0.2) is 0 Å². The van der Waals surface area contributed by atoms with Gasteiger partial charge in [0.2, 0.25) is 0 Å². The molecular formula is C11H22N2O3S. The first-order chi connectivity index (χ1) is 8.17. The van der Waals surface area contributed by atoms with Crippen LogP contribution in [0.25, 0.3) is 0 Å². The molecule has 1 aliphatic rings. The van der Waals surface area contributed by atoms with Gasteiger partial charge in [0.25, 0.3) is 0 Å². The predicted molar refractivity (Wildman–Crippen MR) is 70.1 cm³/mol. The number of ether oxygens (including phenoxy) is 2. The Balaban J connectivity index is 2.29. The van der Waals surface area contributed by atoms with Gasteiger partial charge < -0.3 is 24.8 Å². The lowest BCUT2D eigenvalue weighted by Gasteiger charge is -2.37. The van der Waals surface area contributed by atoms with Crippen molar-refractivity contribution in [2.75, 3.05) is 40.0 Å². The van der Waals surface area contributed by atoms with E-state index in [0.717, 1.165) is 31.2 Å². The van der Waals surface area contributed by atoms with E-state index in [2.05, 4.69) is 10.2 Å². The van der Waals surface area contributed by atoms with Crippen LogP contribution in [0.4, 0.5) is 0 Å². The molecule has 1 heterocycles. The van der Waals surface area contributed by atoms with Crippen LogP contribution in [0.2, 0.25) is 0 Å². The van der Waals surface area contributed by atoms with Crippen molar-refractivity contribution in [1.29, 1.82) is 0 Å². The van der Waals surface area contributed by atoms with E-state index in [-0.39, 0.29) is 18.8 Å². The molecule has 0 bridgehead atoms. The van der Waals surface area contributed by atoms with Gasteiger partial charge in [-0.1, -0.05) is 0 Å². The lowest BCUT2D eigenvalue weighted by atomic mass is 10.2. The molecule has 17 heavy (non-hydrogen) atoms. The summed E-state index contributed by atoms with van der Waals surface area (Å²) in [5, 5.41) is 13.0. The second kappa shape index (κ2) is 7.81. The number of aliphatic hydroxyl groups is 1.